The number of pyridine rings is 1. The molecule has 116 valence electrons. The third-order valence-electron chi connectivity index (χ3n) is 3.17. The molecule has 1 atom stereocenters. The molecule has 0 aliphatic carbocycles. The molecule has 7 heteroatoms. The number of sulfonamides is 1. The average Bonchev–Trinajstić information content (AvgIpc) is 2.55. The van der Waals surface area contributed by atoms with Gasteiger partial charge in [0.1, 0.15) is 0 Å². The summed E-state index contributed by atoms with van der Waals surface area (Å²) in [6.07, 6.45) is 1.43. The zero-order valence-electron chi connectivity index (χ0n) is 12.2. The van der Waals surface area contributed by atoms with Crippen LogP contribution in [0.2, 0.25) is 0 Å². The quantitative estimate of drug-likeness (QED) is 0.785. The number of aromatic nitrogens is 1. The van der Waals surface area contributed by atoms with Crippen LogP contribution in [0.1, 0.15) is 10.9 Å². The molecular formula is C15H16N2O4S. The summed E-state index contributed by atoms with van der Waals surface area (Å²) in [5.74, 6) is -0.874. The summed E-state index contributed by atoms with van der Waals surface area (Å²) in [5.41, 5.74) is 0.574. The van der Waals surface area contributed by atoms with E-state index in [1.165, 1.54) is 19.3 Å². The Kier molecular flexibility index (Phi) is 4.77. The van der Waals surface area contributed by atoms with Crippen LogP contribution in [-0.4, -0.2) is 33.5 Å². The van der Waals surface area contributed by atoms with E-state index in [0.29, 0.717) is 5.69 Å². The highest BCUT2D eigenvalue weighted by molar-refractivity contribution is 7.93. The van der Waals surface area contributed by atoms with Gasteiger partial charge in [-0.1, -0.05) is 24.3 Å². The van der Waals surface area contributed by atoms with Crippen LogP contribution in [-0.2, 0) is 19.6 Å². The Hall–Kier alpha value is -2.41. The standard InChI is InChI=1S/C15H16N2O4S/c1-17(12-8-4-3-5-9-12)22(19,20)14(15(18)21-2)13-10-6-7-11-16-13/h3-11,14H,1-2H3. The summed E-state index contributed by atoms with van der Waals surface area (Å²) in [6, 6.07) is 13.2. The van der Waals surface area contributed by atoms with Crippen molar-refractivity contribution in [1.29, 1.82) is 0 Å². The first-order valence-electron chi connectivity index (χ1n) is 6.50. The Morgan fingerprint density at radius 2 is 1.77 bits per heavy atom. The van der Waals surface area contributed by atoms with Crippen LogP contribution in [0.3, 0.4) is 0 Å². The highest BCUT2D eigenvalue weighted by atomic mass is 32.2. The van der Waals surface area contributed by atoms with Crippen molar-refractivity contribution in [1.82, 2.24) is 4.98 Å². The first kappa shape index (κ1) is 16.0. The summed E-state index contributed by atoms with van der Waals surface area (Å²) in [4.78, 5) is 16.0. The first-order chi connectivity index (χ1) is 10.5. The first-order valence-corrected chi connectivity index (χ1v) is 8.00. The van der Waals surface area contributed by atoms with Gasteiger partial charge in [-0.2, -0.15) is 0 Å². The van der Waals surface area contributed by atoms with E-state index in [1.807, 2.05) is 0 Å². The maximum atomic E-state index is 12.8. The molecule has 2 rings (SSSR count). The molecule has 0 aliphatic rings. The summed E-state index contributed by atoms with van der Waals surface area (Å²) >= 11 is 0. The molecule has 0 N–H and O–H groups in total. The molecule has 0 amide bonds. The van der Waals surface area contributed by atoms with Gasteiger partial charge in [-0.15, -0.1) is 0 Å². The number of ether oxygens (including phenoxy) is 1. The number of para-hydroxylation sites is 1. The van der Waals surface area contributed by atoms with E-state index in [4.69, 9.17) is 0 Å². The number of nitrogens with zero attached hydrogens (tertiary/aromatic N) is 2. The number of esters is 1. The van der Waals surface area contributed by atoms with Gasteiger partial charge in [0.15, 0.2) is 0 Å². The zero-order valence-corrected chi connectivity index (χ0v) is 13.0. The minimum absolute atomic E-state index is 0.122. The molecule has 0 aliphatic heterocycles. The summed E-state index contributed by atoms with van der Waals surface area (Å²) < 4.78 is 31.3. The molecule has 0 fully saturated rings. The molecule has 1 aromatic carbocycles. The van der Waals surface area contributed by atoms with E-state index in [2.05, 4.69) is 9.72 Å². The minimum Gasteiger partial charge on any atom is -0.468 e. The minimum atomic E-state index is -4.02. The maximum absolute atomic E-state index is 12.8. The van der Waals surface area contributed by atoms with E-state index in [9.17, 15) is 13.2 Å². The number of hydrogen-bond acceptors (Lipinski definition) is 5. The van der Waals surface area contributed by atoms with Gasteiger partial charge in [0, 0.05) is 13.2 Å². The number of hydrogen-bond donors (Lipinski definition) is 0. The average molecular weight is 320 g/mol. The molecule has 1 unspecified atom stereocenters. The molecular weight excluding hydrogens is 304 g/mol. The van der Waals surface area contributed by atoms with Crippen molar-refractivity contribution in [2.24, 2.45) is 0 Å². The Labute approximate surface area is 129 Å². The smallest absolute Gasteiger partial charge is 0.332 e. The molecule has 2 aromatic rings. The van der Waals surface area contributed by atoms with Crippen molar-refractivity contribution >= 4 is 21.7 Å². The number of anilines is 1. The van der Waals surface area contributed by atoms with Gasteiger partial charge in [-0.25, -0.2) is 8.42 Å². The molecule has 0 spiro atoms. The topological polar surface area (TPSA) is 76.6 Å². The lowest BCUT2D eigenvalue weighted by molar-refractivity contribution is -0.140. The predicted molar refractivity (Wildman–Crippen MR) is 82.8 cm³/mol. The molecule has 1 aromatic heterocycles. The second kappa shape index (κ2) is 6.57. The summed E-state index contributed by atoms with van der Waals surface area (Å²) in [6.45, 7) is 0. The van der Waals surface area contributed by atoms with Gasteiger partial charge in [-0.3, -0.25) is 14.1 Å². The summed E-state index contributed by atoms with van der Waals surface area (Å²) in [5, 5.41) is -1.51. The van der Waals surface area contributed by atoms with Gasteiger partial charge < -0.3 is 4.74 Å². The Morgan fingerprint density at radius 3 is 2.32 bits per heavy atom. The number of methoxy groups -OCH3 is 1. The maximum Gasteiger partial charge on any atom is 0.332 e. The van der Waals surface area contributed by atoms with Gasteiger partial charge in [0.05, 0.1) is 18.5 Å². The van der Waals surface area contributed by atoms with Gasteiger partial charge >= 0.3 is 5.97 Å². The fourth-order valence-electron chi connectivity index (χ4n) is 1.98. The van der Waals surface area contributed by atoms with Crippen molar-refractivity contribution in [3.63, 3.8) is 0 Å². The molecule has 1 heterocycles. The number of rotatable bonds is 5. The fourth-order valence-corrected chi connectivity index (χ4v) is 3.49. The monoisotopic (exact) mass is 320 g/mol. The van der Waals surface area contributed by atoms with E-state index < -0.39 is 21.2 Å². The predicted octanol–water partition coefficient (Wildman–Crippen LogP) is 1.76. The Morgan fingerprint density at radius 1 is 1.14 bits per heavy atom. The Balaban J connectivity index is 2.49. The lowest BCUT2D eigenvalue weighted by Crippen LogP contribution is -2.36. The molecule has 0 saturated heterocycles. The molecule has 6 nitrogen and oxygen atoms in total. The number of carbonyl (C=O) groups is 1. The number of carbonyl (C=O) groups excluding carboxylic acids is 1. The third-order valence-corrected chi connectivity index (χ3v) is 5.17. The van der Waals surface area contributed by atoms with Crippen molar-refractivity contribution in [3.8, 4) is 0 Å². The van der Waals surface area contributed by atoms with Crippen molar-refractivity contribution in [2.45, 2.75) is 5.25 Å². The zero-order chi connectivity index (χ0) is 16.2. The lowest BCUT2D eigenvalue weighted by Gasteiger charge is -2.24. The van der Waals surface area contributed by atoms with E-state index in [1.54, 1.807) is 42.5 Å². The van der Waals surface area contributed by atoms with Crippen molar-refractivity contribution in [2.75, 3.05) is 18.5 Å². The van der Waals surface area contributed by atoms with Crippen LogP contribution >= 0.6 is 0 Å². The van der Waals surface area contributed by atoms with E-state index >= 15 is 0 Å². The Bertz CT molecular complexity index is 733. The normalized spacial score (nSPS) is 12.5. The fraction of sp³-hybridized carbons (Fsp3) is 0.200. The largest absolute Gasteiger partial charge is 0.468 e. The van der Waals surface area contributed by atoms with Crippen molar-refractivity contribution in [3.05, 3.63) is 60.4 Å². The number of benzene rings is 1. The second-order valence-corrected chi connectivity index (χ2v) is 6.55. The van der Waals surface area contributed by atoms with Crippen LogP contribution in [0, 0.1) is 0 Å². The molecule has 0 bridgehead atoms. The van der Waals surface area contributed by atoms with Crippen LogP contribution in [0.25, 0.3) is 0 Å². The summed E-state index contributed by atoms with van der Waals surface area (Å²) in [7, 11) is -1.48. The van der Waals surface area contributed by atoms with Gasteiger partial charge in [0.25, 0.3) is 10.0 Å². The van der Waals surface area contributed by atoms with Gasteiger partial charge in [0.2, 0.25) is 5.25 Å². The van der Waals surface area contributed by atoms with Crippen LogP contribution < -0.4 is 4.31 Å². The third kappa shape index (κ3) is 3.09. The molecule has 22 heavy (non-hydrogen) atoms. The lowest BCUT2D eigenvalue weighted by atomic mass is 10.3. The van der Waals surface area contributed by atoms with Gasteiger partial charge in [-0.05, 0) is 24.3 Å². The van der Waals surface area contributed by atoms with E-state index in [0.717, 1.165) is 11.4 Å². The van der Waals surface area contributed by atoms with E-state index in [-0.39, 0.29) is 5.69 Å². The molecule has 0 saturated carbocycles. The SMILES string of the molecule is COC(=O)C(c1ccccn1)S(=O)(=O)N(C)c1ccccc1. The van der Waals surface area contributed by atoms with Crippen LogP contribution in [0.5, 0.6) is 0 Å². The van der Waals surface area contributed by atoms with Crippen LogP contribution in [0.15, 0.2) is 54.7 Å². The molecule has 0 radical (unpaired) electrons. The highest BCUT2D eigenvalue weighted by Crippen LogP contribution is 2.28. The van der Waals surface area contributed by atoms with Crippen LogP contribution in [0.4, 0.5) is 5.69 Å². The van der Waals surface area contributed by atoms with Crippen molar-refractivity contribution < 1.29 is 17.9 Å². The highest BCUT2D eigenvalue weighted by Gasteiger charge is 2.39. The second-order valence-electron chi connectivity index (χ2n) is 4.51.